The van der Waals surface area contributed by atoms with E-state index < -0.39 is 0 Å². The van der Waals surface area contributed by atoms with Crippen LogP contribution in [0.25, 0.3) is 11.5 Å². The number of aryl methyl sites for hydroxylation is 1. The van der Waals surface area contributed by atoms with Gasteiger partial charge in [0.2, 0.25) is 11.8 Å². The monoisotopic (exact) mass is 360 g/mol. The highest BCUT2D eigenvalue weighted by molar-refractivity contribution is 7.99. The molecule has 0 spiro atoms. The number of amides is 1. The van der Waals surface area contributed by atoms with Gasteiger partial charge in [-0.1, -0.05) is 41.1 Å². The molecule has 2 heterocycles. The first-order valence-corrected chi connectivity index (χ1v) is 8.41. The van der Waals surface area contributed by atoms with Crippen molar-refractivity contribution in [3.8, 4) is 11.5 Å². The smallest absolute Gasteiger partial charge is 0.277 e. The molecule has 1 aromatic carbocycles. The molecule has 1 N–H and O–H groups in total. The number of carbonyl (C=O) groups is 1. The Kier molecular flexibility index (Phi) is 5.12. The van der Waals surface area contributed by atoms with Crippen molar-refractivity contribution in [2.24, 2.45) is 0 Å². The summed E-state index contributed by atoms with van der Waals surface area (Å²) >= 11 is 6.91. The van der Waals surface area contributed by atoms with Crippen molar-refractivity contribution in [3.05, 3.63) is 53.2 Å². The molecule has 0 saturated heterocycles. The Bertz CT molecular complexity index is 834. The zero-order valence-electron chi connectivity index (χ0n) is 12.7. The van der Waals surface area contributed by atoms with Gasteiger partial charge in [0.25, 0.3) is 5.22 Å². The Hall–Kier alpha value is -2.38. The van der Waals surface area contributed by atoms with Crippen molar-refractivity contribution >= 4 is 35.1 Å². The van der Waals surface area contributed by atoms with Crippen molar-refractivity contribution in [2.45, 2.75) is 12.1 Å². The van der Waals surface area contributed by atoms with Crippen LogP contribution in [0.2, 0.25) is 5.02 Å². The maximum atomic E-state index is 11.9. The summed E-state index contributed by atoms with van der Waals surface area (Å²) in [6.45, 7) is 2.01. The van der Waals surface area contributed by atoms with Gasteiger partial charge in [0.15, 0.2) is 0 Å². The lowest BCUT2D eigenvalue weighted by molar-refractivity contribution is -0.113. The Morgan fingerprint density at radius 2 is 2.00 bits per heavy atom. The second kappa shape index (κ2) is 7.46. The average Bonchev–Trinajstić information content (AvgIpc) is 3.05. The van der Waals surface area contributed by atoms with E-state index in [9.17, 15) is 4.79 Å². The minimum absolute atomic E-state index is 0.139. The van der Waals surface area contributed by atoms with Crippen LogP contribution in [0, 0.1) is 6.92 Å². The van der Waals surface area contributed by atoms with Gasteiger partial charge in [0.1, 0.15) is 5.82 Å². The van der Waals surface area contributed by atoms with Crippen LogP contribution in [-0.4, -0.2) is 26.8 Å². The minimum atomic E-state index is -0.218. The molecule has 0 bridgehead atoms. The summed E-state index contributed by atoms with van der Waals surface area (Å²) in [5, 5.41) is 11.4. The van der Waals surface area contributed by atoms with Crippen LogP contribution in [0.15, 0.2) is 52.2 Å². The van der Waals surface area contributed by atoms with Crippen LogP contribution in [0.1, 0.15) is 5.56 Å². The molecule has 0 aliphatic heterocycles. The van der Waals surface area contributed by atoms with E-state index in [-0.39, 0.29) is 11.7 Å². The largest absolute Gasteiger partial charge is 0.411 e. The van der Waals surface area contributed by atoms with Crippen LogP contribution < -0.4 is 5.32 Å². The summed E-state index contributed by atoms with van der Waals surface area (Å²) in [5.74, 6) is 0.790. The number of halogens is 1. The van der Waals surface area contributed by atoms with Gasteiger partial charge in [0.05, 0.1) is 10.8 Å². The number of nitrogens with one attached hydrogen (secondary N) is 1. The first-order chi connectivity index (χ1) is 11.6. The summed E-state index contributed by atoms with van der Waals surface area (Å²) in [7, 11) is 0. The number of anilines is 1. The standard InChI is InChI=1S/C16H13ClN4O2S/c1-10-2-4-11(5-3-10)15-20-21-16(23-15)24-9-14(22)19-13-7-6-12(17)8-18-13/h2-8H,9H2,1H3,(H,18,19,22). The molecule has 122 valence electrons. The summed E-state index contributed by atoms with van der Waals surface area (Å²) in [6, 6.07) is 11.1. The molecule has 3 aromatic rings. The van der Waals surface area contributed by atoms with Crippen LogP contribution >= 0.6 is 23.4 Å². The molecule has 0 fully saturated rings. The topological polar surface area (TPSA) is 80.9 Å². The molecule has 0 saturated carbocycles. The number of nitrogens with zero attached hydrogens (tertiary/aromatic N) is 3. The zero-order chi connectivity index (χ0) is 16.9. The van der Waals surface area contributed by atoms with Crippen LogP contribution in [-0.2, 0) is 4.79 Å². The van der Waals surface area contributed by atoms with E-state index in [2.05, 4.69) is 20.5 Å². The quantitative estimate of drug-likeness (QED) is 0.696. The molecular formula is C16H13ClN4O2S. The molecule has 0 radical (unpaired) electrons. The number of carbonyl (C=O) groups excluding carboxylic acids is 1. The van der Waals surface area contributed by atoms with Crippen LogP contribution in [0.3, 0.4) is 0 Å². The Balaban J connectivity index is 1.56. The van der Waals surface area contributed by atoms with Gasteiger partial charge < -0.3 is 9.73 Å². The van der Waals surface area contributed by atoms with E-state index >= 15 is 0 Å². The first-order valence-electron chi connectivity index (χ1n) is 7.05. The molecule has 0 atom stereocenters. The van der Waals surface area contributed by atoms with Gasteiger partial charge in [-0.05, 0) is 31.2 Å². The highest BCUT2D eigenvalue weighted by Gasteiger charge is 2.11. The highest BCUT2D eigenvalue weighted by atomic mass is 35.5. The normalized spacial score (nSPS) is 10.6. The van der Waals surface area contributed by atoms with Crippen molar-refractivity contribution in [1.82, 2.24) is 15.2 Å². The number of hydrogen-bond donors (Lipinski definition) is 1. The maximum absolute atomic E-state index is 11.9. The predicted molar refractivity (Wildman–Crippen MR) is 93.1 cm³/mol. The van der Waals surface area contributed by atoms with Crippen LogP contribution in [0.4, 0.5) is 5.82 Å². The summed E-state index contributed by atoms with van der Waals surface area (Å²) < 4.78 is 5.55. The van der Waals surface area contributed by atoms with Crippen LogP contribution in [0.5, 0.6) is 0 Å². The van der Waals surface area contributed by atoms with Gasteiger partial charge in [-0.2, -0.15) is 0 Å². The lowest BCUT2D eigenvalue weighted by Gasteiger charge is -2.02. The molecule has 2 aromatic heterocycles. The predicted octanol–water partition coefficient (Wildman–Crippen LogP) is 3.82. The molecule has 0 aliphatic rings. The lowest BCUT2D eigenvalue weighted by atomic mass is 10.1. The third kappa shape index (κ3) is 4.33. The molecule has 0 aliphatic carbocycles. The Morgan fingerprint density at radius 1 is 1.21 bits per heavy atom. The molecule has 1 amide bonds. The highest BCUT2D eigenvalue weighted by Crippen LogP contribution is 2.23. The summed E-state index contributed by atoms with van der Waals surface area (Å²) in [5.41, 5.74) is 2.00. The van der Waals surface area contributed by atoms with E-state index in [1.54, 1.807) is 12.1 Å². The Morgan fingerprint density at radius 3 is 2.71 bits per heavy atom. The van der Waals surface area contributed by atoms with Crippen molar-refractivity contribution in [2.75, 3.05) is 11.1 Å². The number of benzene rings is 1. The average molecular weight is 361 g/mol. The number of pyridine rings is 1. The van der Waals surface area contributed by atoms with E-state index in [1.807, 2.05) is 31.2 Å². The third-order valence-corrected chi connectivity index (χ3v) is 4.07. The number of thioether (sulfide) groups is 1. The first kappa shape index (κ1) is 16.5. The van der Waals surface area contributed by atoms with Crippen molar-refractivity contribution in [1.29, 1.82) is 0 Å². The van der Waals surface area contributed by atoms with Gasteiger partial charge in [-0.3, -0.25) is 4.79 Å². The lowest BCUT2D eigenvalue weighted by Crippen LogP contribution is -2.14. The molecule has 3 rings (SSSR count). The molecule has 8 heteroatoms. The van der Waals surface area contributed by atoms with E-state index in [0.29, 0.717) is 22.0 Å². The minimum Gasteiger partial charge on any atom is -0.411 e. The second-order valence-electron chi connectivity index (χ2n) is 4.94. The van der Waals surface area contributed by atoms with E-state index in [0.717, 1.165) is 22.9 Å². The molecular weight excluding hydrogens is 348 g/mol. The van der Waals surface area contributed by atoms with E-state index in [4.69, 9.17) is 16.0 Å². The SMILES string of the molecule is Cc1ccc(-c2nnc(SCC(=O)Nc3ccc(Cl)cn3)o2)cc1. The zero-order valence-corrected chi connectivity index (χ0v) is 14.3. The van der Waals surface area contributed by atoms with Gasteiger partial charge in [-0.15, -0.1) is 10.2 Å². The number of aromatic nitrogens is 3. The molecule has 24 heavy (non-hydrogen) atoms. The fourth-order valence-electron chi connectivity index (χ4n) is 1.84. The third-order valence-electron chi connectivity index (χ3n) is 3.03. The number of rotatable bonds is 5. The molecule has 0 unspecified atom stereocenters. The molecule has 6 nitrogen and oxygen atoms in total. The van der Waals surface area contributed by atoms with Gasteiger partial charge in [-0.25, -0.2) is 4.98 Å². The van der Waals surface area contributed by atoms with Crippen molar-refractivity contribution < 1.29 is 9.21 Å². The summed E-state index contributed by atoms with van der Waals surface area (Å²) in [4.78, 5) is 15.9. The van der Waals surface area contributed by atoms with E-state index in [1.165, 1.54) is 6.20 Å². The van der Waals surface area contributed by atoms with Gasteiger partial charge >= 0.3 is 0 Å². The van der Waals surface area contributed by atoms with Crippen molar-refractivity contribution in [3.63, 3.8) is 0 Å². The fraction of sp³-hybridized carbons (Fsp3) is 0.125. The maximum Gasteiger partial charge on any atom is 0.277 e. The summed E-state index contributed by atoms with van der Waals surface area (Å²) in [6.07, 6.45) is 1.47. The Labute approximate surface area is 147 Å². The fourth-order valence-corrected chi connectivity index (χ4v) is 2.51. The second-order valence-corrected chi connectivity index (χ2v) is 6.30. The number of hydrogen-bond acceptors (Lipinski definition) is 6. The van der Waals surface area contributed by atoms with Gasteiger partial charge in [0, 0.05) is 11.8 Å².